The zero-order valence-electron chi connectivity index (χ0n) is 18.0. The second-order valence-electron chi connectivity index (χ2n) is 7.90. The Balaban J connectivity index is 1.50. The van der Waals surface area contributed by atoms with Gasteiger partial charge in [-0.05, 0) is 54.0 Å². The first kappa shape index (κ1) is 23.0. The van der Waals surface area contributed by atoms with Crippen molar-refractivity contribution in [2.24, 2.45) is 0 Å². The average Bonchev–Trinajstić information content (AvgIpc) is 3.04. The Bertz CT molecular complexity index is 1120. The quantitative estimate of drug-likeness (QED) is 0.468. The van der Waals surface area contributed by atoms with Gasteiger partial charge in [-0.15, -0.1) is 0 Å². The summed E-state index contributed by atoms with van der Waals surface area (Å²) < 4.78 is 0. The number of halogens is 1. The lowest BCUT2D eigenvalue weighted by atomic mass is 10.1. The number of benzene rings is 3. The van der Waals surface area contributed by atoms with Gasteiger partial charge in [0.25, 0.3) is 5.91 Å². The Hall–Kier alpha value is -3.22. The second kappa shape index (κ2) is 10.6. The van der Waals surface area contributed by atoms with E-state index in [-0.39, 0.29) is 18.2 Å². The molecule has 1 fully saturated rings. The van der Waals surface area contributed by atoms with E-state index in [1.54, 1.807) is 29.2 Å². The van der Waals surface area contributed by atoms with Crippen LogP contribution in [0.4, 0.5) is 5.69 Å². The van der Waals surface area contributed by atoms with Gasteiger partial charge in [-0.1, -0.05) is 72.3 Å². The molecule has 1 aliphatic heterocycles. The van der Waals surface area contributed by atoms with Crippen LogP contribution >= 0.6 is 23.8 Å². The van der Waals surface area contributed by atoms with E-state index in [0.29, 0.717) is 28.9 Å². The third-order valence-corrected chi connectivity index (χ3v) is 6.29. The lowest BCUT2D eigenvalue weighted by Gasteiger charge is -2.24. The molecule has 0 spiro atoms. The predicted molar refractivity (Wildman–Crippen MR) is 135 cm³/mol. The molecule has 0 bridgehead atoms. The molecule has 7 heteroatoms. The monoisotopic (exact) mass is 477 g/mol. The minimum absolute atomic E-state index is 0.0156. The molecule has 3 aromatic rings. The number of carbonyl (C=O) groups excluding carboxylic acids is 2. The highest BCUT2D eigenvalue weighted by Gasteiger charge is 2.43. The van der Waals surface area contributed by atoms with Crippen LogP contribution in [0.5, 0.6) is 0 Å². The molecular formula is C26H24ClN3O2S. The van der Waals surface area contributed by atoms with E-state index in [4.69, 9.17) is 23.8 Å². The van der Waals surface area contributed by atoms with Crippen molar-refractivity contribution in [1.82, 2.24) is 9.80 Å². The molecule has 0 saturated carbocycles. The molecule has 1 N–H and O–H groups in total. The van der Waals surface area contributed by atoms with Crippen molar-refractivity contribution < 1.29 is 9.59 Å². The molecular weight excluding hydrogens is 454 g/mol. The molecule has 0 aromatic heterocycles. The fourth-order valence-electron chi connectivity index (χ4n) is 3.87. The fourth-order valence-corrected chi connectivity index (χ4v) is 4.37. The van der Waals surface area contributed by atoms with Gasteiger partial charge in [0.1, 0.15) is 6.04 Å². The highest BCUT2D eigenvalue weighted by atomic mass is 35.5. The van der Waals surface area contributed by atoms with Gasteiger partial charge >= 0.3 is 0 Å². The molecule has 1 aliphatic rings. The highest BCUT2D eigenvalue weighted by Crippen LogP contribution is 2.24. The molecule has 5 nitrogen and oxygen atoms in total. The zero-order valence-corrected chi connectivity index (χ0v) is 19.6. The normalized spacial score (nSPS) is 15.7. The summed E-state index contributed by atoms with van der Waals surface area (Å²) in [6.45, 7) is 0.939. The van der Waals surface area contributed by atoms with E-state index in [0.717, 1.165) is 17.5 Å². The van der Waals surface area contributed by atoms with Crippen molar-refractivity contribution in [2.75, 3.05) is 11.9 Å². The van der Waals surface area contributed by atoms with Crippen LogP contribution in [0.25, 0.3) is 0 Å². The van der Waals surface area contributed by atoms with Crippen molar-refractivity contribution in [1.29, 1.82) is 0 Å². The molecule has 1 heterocycles. The fraction of sp³-hybridized carbons (Fsp3) is 0.192. The first-order chi connectivity index (χ1) is 16.0. The predicted octanol–water partition coefficient (Wildman–Crippen LogP) is 4.91. The molecule has 2 amide bonds. The summed E-state index contributed by atoms with van der Waals surface area (Å²) in [5.41, 5.74) is 2.77. The Labute approximate surface area is 204 Å². The maximum atomic E-state index is 13.4. The van der Waals surface area contributed by atoms with Crippen LogP contribution in [0.3, 0.4) is 0 Å². The molecule has 1 saturated heterocycles. The third-order valence-electron chi connectivity index (χ3n) is 5.58. The average molecular weight is 478 g/mol. The van der Waals surface area contributed by atoms with Crippen LogP contribution in [-0.4, -0.2) is 39.3 Å². The Morgan fingerprint density at radius 3 is 2.15 bits per heavy atom. The van der Waals surface area contributed by atoms with E-state index in [2.05, 4.69) is 5.32 Å². The molecule has 1 unspecified atom stereocenters. The van der Waals surface area contributed by atoms with Gasteiger partial charge in [-0.25, -0.2) is 0 Å². The van der Waals surface area contributed by atoms with Crippen molar-refractivity contribution in [2.45, 2.75) is 25.4 Å². The number of nitrogens with zero attached hydrogens (tertiary/aromatic N) is 2. The first-order valence-electron chi connectivity index (χ1n) is 10.8. The van der Waals surface area contributed by atoms with Crippen LogP contribution in [0, 0.1) is 0 Å². The van der Waals surface area contributed by atoms with Crippen LogP contribution in [0.2, 0.25) is 5.02 Å². The SMILES string of the molecule is O=C(CC1C(=O)N(Cc2ccccc2)C(=S)N1CCc1ccccc1)Nc1ccc(Cl)cc1. The Morgan fingerprint density at radius 2 is 1.52 bits per heavy atom. The van der Waals surface area contributed by atoms with Gasteiger partial charge in [0.2, 0.25) is 5.91 Å². The van der Waals surface area contributed by atoms with Gasteiger partial charge < -0.3 is 10.2 Å². The Morgan fingerprint density at radius 1 is 0.909 bits per heavy atom. The summed E-state index contributed by atoms with van der Waals surface area (Å²) in [5.74, 6) is -0.395. The number of anilines is 1. The van der Waals surface area contributed by atoms with Crippen LogP contribution in [-0.2, 0) is 22.6 Å². The van der Waals surface area contributed by atoms with Crippen LogP contribution in [0.15, 0.2) is 84.9 Å². The maximum absolute atomic E-state index is 13.4. The van der Waals surface area contributed by atoms with Crippen LogP contribution < -0.4 is 5.32 Å². The maximum Gasteiger partial charge on any atom is 0.252 e. The number of hydrogen-bond donors (Lipinski definition) is 1. The summed E-state index contributed by atoms with van der Waals surface area (Å²) in [5, 5.41) is 3.90. The van der Waals surface area contributed by atoms with Gasteiger partial charge in [0, 0.05) is 17.3 Å². The van der Waals surface area contributed by atoms with E-state index in [1.807, 2.05) is 65.6 Å². The molecule has 0 radical (unpaired) electrons. The number of amides is 2. The molecule has 3 aromatic carbocycles. The summed E-state index contributed by atoms with van der Waals surface area (Å²) >= 11 is 11.6. The minimum Gasteiger partial charge on any atom is -0.336 e. The summed E-state index contributed by atoms with van der Waals surface area (Å²) in [6, 6.07) is 26.0. The van der Waals surface area contributed by atoms with Crippen LogP contribution in [0.1, 0.15) is 17.5 Å². The van der Waals surface area contributed by atoms with Gasteiger partial charge in [0.05, 0.1) is 13.0 Å². The number of nitrogens with one attached hydrogen (secondary N) is 1. The van der Waals surface area contributed by atoms with E-state index < -0.39 is 6.04 Å². The van der Waals surface area contributed by atoms with Crippen molar-refractivity contribution in [3.8, 4) is 0 Å². The topological polar surface area (TPSA) is 52.7 Å². The lowest BCUT2D eigenvalue weighted by Crippen LogP contribution is -2.39. The Kier molecular flexibility index (Phi) is 7.37. The molecule has 1 atom stereocenters. The van der Waals surface area contributed by atoms with E-state index in [9.17, 15) is 9.59 Å². The minimum atomic E-state index is -0.641. The van der Waals surface area contributed by atoms with Crippen molar-refractivity contribution in [3.63, 3.8) is 0 Å². The standard InChI is InChI=1S/C26H24ClN3O2S/c27-21-11-13-22(14-12-21)28-24(31)17-23-25(32)30(18-20-9-5-2-6-10-20)26(33)29(23)16-15-19-7-3-1-4-8-19/h1-14,23H,15-18H2,(H,28,31). The van der Waals surface area contributed by atoms with Crippen molar-refractivity contribution in [3.05, 3.63) is 101 Å². The first-order valence-corrected chi connectivity index (χ1v) is 11.5. The second-order valence-corrected chi connectivity index (χ2v) is 8.70. The van der Waals surface area contributed by atoms with Gasteiger partial charge in [-0.2, -0.15) is 0 Å². The number of thiocarbonyl (C=S) groups is 1. The van der Waals surface area contributed by atoms with Gasteiger partial charge in [0.15, 0.2) is 5.11 Å². The molecule has 0 aliphatic carbocycles. The number of rotatable bonds is 8. The smallest absolute Gasteiger partial charge is 0.252 e. The van der Waals surface area contributed by atoms with Gasteiger partial charge in [-0.3, -0.25) is 14.5 Å². The van der Waals surface area contributed by atoms with E-state index >= 15 is 0 Å². The van der Waals surface area contributed by atoms with Crippen molar-refractivity contribution >= 4 is 46.4 Å². The highest BCUT2D eigenvalue weighted by molar-refractivity contribution is 7.80. The summed E-state index contributed by atoms with van der Waals surface area (Å²) in [6.07, 6.45) is 0.740. The summed E-state index contributed by atoms with van der Waals surface area (Å²) in [4.78, 5) is 29.7. The lowest BCUT2D eigenvalue weighted by molar-refractivity contribution is -0.131. The largest absolute Gasteiger partial charge is 0.336 e. The molecule has 33 heavy (non-hydrogen) atoms. The number of hydrogen-bond acceptors (Lipinski definition) is 3. The molecule has 4 rings (SSSR count). The molecule has 168 valence electrons. The number of carbonyl (C=O) groups is 2. The third kappa shape index (κ3) is 5.78. The van der Waals surface area contributed by atoms with E-state index in [1.165, 1.54) is 0 Å². The zero-order chi connectivity index (χ0) is 23.2. The summed E-state index contributed by atoms with van der Waals surface area (Å²) in [7, 11) is 0.